The third-order valence-electron chi connectivity index (χ3n) is 2.94. The van der Waals surface area contributed by atoms with Crippen molar-refractivity contribution < 1.29 is 17.6 Å². The van der Waals surface area contributed by atoms with Crippen molar-refractivity contribution in [1.29, 1.82) is 0 Å². The number of amides is 1. The van der Waals surface area contributed by atoms with E-state index in [1.807, 2.05) is 0 Å². The fourth-order valence-electron chi connectivity index (χ4n) is 1.98. The summed E-state index contributed by atoms with van der Waals surface area (Å²) in [5, 5.41) is 2.66. The SMILES string of the molecule is CCCS(=O)(=O)c1ccccc1C(=O)NCc1ccco1. The monoisotopic (exact) mass is 307 g/mol. The molecule has 0 aliphatic carbocycles. The van der Waals surface area contributed by atoms with Crippen molar-refractivity contribution in [1.82, 2.24) is 5.32 Å². The molecule has 0 radical (unpaired) electrons. The largest absolute Gasteiger partial charge is 0.467 e. The minimum absolute atomic E-state index is 0.0233. The highest BCUT2D eigenvalue weighted by Crippen LogP contribution is 2.18. The average Bonchev–Trinajstić information content (AvgIpc) is 2.98. The van der Waals surface area contributed by atoms with Crippen molar-refractivity contribution in [3.63, 3.8) is 0 Å². The molecule has 0 atom stereocenters. The van der Waals surface area contributed by atoms with Crippen LogP contribution in [0.2, 0.25) is 0 Å². The molecule has 0 spiro atoms. The van der Waals surface area contributed by atoms with Gasteiger partial charge in [-0.05, 0) is 30.7 Å². The van der Waals surface area contributed by atoms with Crippen LogP contribution < -0.4 is 5.32 Å². The van der Waals surface area contributed by atoms with Crippen molar-refractivity contribution in [3.8, 4) is 0 Å². The lowest BCUT2D eigenvalue weighted by Crippen LogP contribution is -2.25. The Morgan fingerprint density at radius 2 is 1.95 bits per heavy atom. The smallest absolute Gasteiger partial charge is 0.252 e. The topological polar surface area (TPSA) is 76.4 Å². The molecule has 2 rings (SSSR count). The van der Waals surface area contributed by atoms with Crippen LogP contribution in [0.5, 0.6) is 0 Å². The van der Waals surface area contributed by atoms with Crippen molar-refractivity contribution in [2.75, 3.05) is 5.75 Å². The summed E-state index contributed by atoms with van der Waals surface area (Å²) in [5.41, 5.74) is 0.164. The number of rotatable bonds is 6. The Hall–Kier alpha value is -2.08. The highest BCUT2D eigenvalue weighted by Gasteiger charge is 2.21. The molecule has 1 aromatic carbocycles. The summed E-state index contributed by atoms with van der Waals surface area (Å²) >= 11 is 0. The Kier molecular flexibility index (Phi) is 4.80. The molecule has 1 amide bonds. The lowest BCUT2D eigenvalue weighted by atomic mass is 10.2. The lowest BCUT2D eigenvalue weighted by Gasteiger charge is -2.09. The Bertz CT molecular complexity index is 705. The second kappa shape index (κ2) is 6.58. The highest BCUT2D eigenvalue weighted by molar-refractivity contribution is 7.91. The molecule has 0 saturated carbocycles. The van der Waals surface area contributed by atoms with Crippen molar-refractivity contribution in [2.24, 2.45) is 0 Å². The molecule has 1 N–H and O–H groups in total. The third kappa shape index (κ3) is 3.72. The summed E-state index contributed by atoms with van der Waals surface area (Å²) in [7, 11) is -3.44. The minimum Gasteiger partial charge on any atom is -0.467 e. The standard InChI is InChI=1S/C15H17NO4S/c1-2-10-21(18,19)14-8-4-3-7-13(14)15(17)16-11-12-6-5-9-20-12/h3-9H,2,10-11H2,1H3,(H,16,17). The number of benzene rings is 1. The number of sulfone groups is 1. The van der Waals surface area contributed by atoms with Gasteiger partial charge in [-0.1, -0.05) is 19.1 Å². The van der Waals surface area contributed by atoms with Crippen LogP contribution in [0, 0.1) is 0 Å². The molecular formula is C15H17NO4S. The second-order valence-electron chi connectivity index (χ2n) is 4.58. The van der Waals surface area contributed by atoms with Gasteiger partial charge in [-0.25, -0.2) is 8.42 Å². The molecule has 0 aliphatic heterocycles. The van der Waals surface area contributed by atoms with Crippen LogP contribution in [-0.2, 0) is 16.4 Å². The molecule has 0 unspecified atom stereocenters. The molecule has 1 aromatic heterocycles. The maximum atomic E-state index is 12.2. The number of hydrogen-bond donors (Lipinski definition) is 1. The lowest BCUT2D eigenvalue weighted by molar-refractivity contribution is 0.0944. The summed E-state index contributed by atoms with van der Waals surface area (Å²) in [4.78, 5) is 12.3. The van der Waals surface area contributed by atoms with E-state index in [1.54, 1.807) is 31.2 Å². The van der Waals surface area contributed by atoms with Crippen molar-refractivity contribution in [2.45, 2.75) is 24.8 Å². The molecule has 2 aromatic rings. The van der Waals surface area contributed by atoms with Gasteiger partial charge in [0.05, 0.1) is 29.0 Å². The van der Waals surface area contributed by atoms with Gasteiger partial charge in [-0.3, -0.25) is 4.79 Å². The number of carbonyl (C=O) groups is 1. The Labute approximate surface area is 123 Å². The third-order valence-corrected chi connectivity index (χ3v) is 4.91. The van der Waals surface area contributed by atoms with E-state index in [1.165, 1.54) is 18.4 Å². The highest BCUT2D eigenvalue weighted by atomic mass is 32.2. The minimum atomic E-state index is -3.44. The van der Waals surface area contributed by atoms with Gasteiger partial charge in [0, 0.05) is 0 Å². The van der Waals surface area contributed by atoms with E-state index >= 15 is 0 Å². The summed E-state index contributed by atoms with van der Waals surface area (Å²) in [6.07, 6.45) is 2.02. The van der Waals surface area contributed by atoms with Crippen LogP contribution in [0.25, 0.3) is 0 Å². The normalized spacial score (nSPS) is 11.3. The van der Waals surface area contributed by atoms with Crippen LogP contribution in [0.4, 0.5) is 0 Å². The van der Waals surface area contributed by atoms with Gasteiger partial charge in [0.1, 0.15) is 5.76 Å². The Morgan fingerprint density at radius 3 is 2.62 bits per heavy atom. The maximum absolute atomic E-state index is 12.2. The van der Waals surface area contributed by atoms with E-state index in [2.05, 4.69) is 5.32 Å². The fraction of sp³-hybridized carbons (Fsp3) is 0.267. The van der Waals surface area contributed by atoms with E-state index in [0.717, 1.165) is 0 Å². The molecule has 112 valence electrons. The first-order valence-corrected chi connectivity index (χ1v) is 8.32. The fourth-order valence-corrected chi connectivity index (χ4v) is 3.52. The molecular weight excluding hydrogens is 290 g/mol. The number of nitrogens with one attached hydrogen (secondary N) is 1. The second-order valence-corrected chi connectivity index (χ2v) is 6.65. The zero-order valence-electron chi connectivity index (χ0n) is 11.7. The van der Waals surface area contributed by atoms with Gasteiger partial charge < -0.3 is 9.73 Å². The molecule has 0 saturated heterocycles. The first-order chi connectivity index (χ1) is 10.0. The predicted octanol–water partition coefficient (Wildman–Crippen LogP) is 2.39. The molecule has 0 fully saturated rings. The molecule has 5 nitrogen and oxygen atoms in total. The molecule has 21 heavy (non-hydrogen) atoms. The number of carbonyl (C=O) groups excluding carboxylic acids is 1. The van der Waals surface area contributed by atoms with Crippen LogP contribution >= 0.6 is 0 Å². The molecule has 6 heteroatoms. The first-order valence-electron chi connectivity index (χ1n) is 6.67. The van der Waals surface area contributed by atoms with E-state index in [0.29, 0.717) is 12.2 Å². The quantitative estimate of drug-likeness (QED) is 0.889. The van der Waals surface area contributed by atoms with Crippen LogP contribution in [0.1, 0.15) is 29.5 Å². The van der Waals surface area contributed by atoms with E-state index in [-0.39, 0.29) is 22.8 Å². The summed E-state index contributed by atoms with van der Waals surface area (Å²) in [5.74, 6) is 0.203. The van der Waals surface area contributed by atoms with Crippen molar-refractivity contribution in [3.05, 3.63) is 54.0 Å². The number of hydrogen-bond acceptors (Lipinski definition) is 4. The van der Waals surface area contributed by atoms with E-state index < -0.39 is 15.7 Å². The first kappa shape index (κ1) is 15.3. The summed E-state index contributed by atoms with van der Waals surface area (Å²) in [6.45, 7) is 2.01. The van der Waals surface area contributed by atoms with Gasteiger partial charge in [-0.15, -0.1) is 0 Å². The average molecular weight is 307 g/mol. The van der Waals surface area contributed by atoms with Crippen LogP contribution in [0.3, 0.4) is 0 Å². The summed E-state index contributed by atoms with van der Waals surface area (Å²) in [6, 6.07) is 9.70. The predicted molar refractivity (Wildman–Crippen MR) is 78.7 cm³/mol. The molecule has 0 bridgehead atoms. The Morgan fingerprint density at radius 1 is 1.19 bits per heavy atom. The van der Waals surface area contributed by atoms with Gasteiger partial charge in [0.15, 0.2) is 9.84 Å². The van der Waals surface area contributed by atoms with Crippen LogP contribution in [-0.4, -0.2) is 20.1 Å². The molecule has 1 heterocycles. The van der Waals surface area contributed by atoms with E-state index in [9.17, 15) is 13.2 Å². The van der Waals surface area contributed by atoms with Crippen LogP contribution in [0.15, 0.2) is 52.0 Å². The van der Waals surface area contributed by atoms with Gasteiger partial charge in [-0.2, -0.15) is 0 Å². The van der Waals surface area contributed by atoms with Gasteiger partial charge in [0.2, 0.25) is 0 Å². The number of furan rings is 1. The molecule has 0 aliphatic rings. The van der Waals surface area contributed by atoms with Crippen molar-refractivity contribution >= 4 is 15.7 Å². The zero-order chi connectivity index (χ0) is 15.3. The Balaban J connectivity index is 2.21. The van der Waals surface area contributed by atoms with Gasteiger partial charge in [0.25, 0.3) is 5.91 Å². The summed E-state index contributed by atoms with van der Waals surface area (Å²) < 4.78 is 29.5. The maximum Gasteiger partial charge on any atom is 0.252 e. The van der Waals surface area contributed by atoms with Gasteiger partial charge >= 0.3 is 0 Å². The zero-order valence-corrected chi connectivity index (χ0v) is 12.5. The van der Waals surface area contributed by atoms with E-state index in [4.69, 9.17) is 4.42 Å².